The Labute approximate surface area is 124 Å². The van der Waals surface area contributed by atoms with Crippen molar-refractivity contribution in [3.8, 4) is 0 Å². The summed E-state index contributed by atoms with van der Waals surface area (Å²) < 4.78 is 15.5. The van der Waals surface area contributed by atoms with E-state index in [0.717, 1.165) is 0 Å². The topological polar surface area (TPSA) is 87.9 Å². The van der Waals surface area contributed by atoms with Gasteiger partial charge in [0, 0.05) is 12.0 Å². The first-order valence-electron chi connectivity index (χ1n) is 7.14. The fraction of sp³-hybridized carbons (Fsp3) is 0.600. The van der Waals surface area contributed by atoms with Gasteiger partial charge < -0.3 is 19.9 Å². The molecule has 0 radical (unpaired) electrons. The van der Waals surface area contributed by atoms with Crippen LogP contribution in [0.5, 0.6) is 0 Å². The molecule has 1 aliphatic carbocycles. The van der Waals surface area contributed by atoms with E-state index in [1.807, 2.05) is 6.92 Å². The summed E-state index contributed by atoms with van der Waals surface area (Å²) in [7, 11) is 1.31. The van der Waals surface area contributed by atoms with E-state index < -0.39 is 11.9 Å². The Kier molecular flexibility index (Phi) is 6.94. The molecule has 0 aromatic heterocycles. The molecule has 0 aliphatic heterocycles. The van der Waals surface area contributed by atoms with Crippen LogP contribution in [-0.4, -0.2) is 38.8 Å². The van der Waals surface area contributed by atoms with Crippen LogP contribution < -0.4 is 5.73 Å². The van der Waals surface area contributed by atoms with Crippen LogP contribution in [0.1, 0.15) is 33.1 Å². The van der Waals surface area contributed by atoms with E-state index in [-0.39, 0.29) is 13.0 Å². The summed E-state index contributed by atoms with van der Waals surface area (Å²) in [6, 6.07) is 0. The van der Waals surface area contributed by atoms with Crippen LogP contribution >= 0.6 is 0 Å². The highest BCUT2D eigenvalue weighted by atomic mass is 16.5. The number of hydrogen-bond acceptors (Lipinski definition) is 6. The average molecular weight is 297 g/mol. The lowest BCUT2D eigenvalue weighted by Crippen LogP contribution is -2.11. The second-order valence-corrected chi connectivity index (χ2v) is 4.49. The minimum atomic E-state index is -0.492. The number of carbonyl (C=O) groups excluding carboxylic acids is 2. The van der Waals surface area contributed by atoms with E-state index in [2.05, 4.69) is 0 Å². The molecule has 0 aromatic carbocycles. The van der Waals surface area contributed by atoms with Gasteiger partial charge in [-0.2, -0.15) is 0 Å². The Morgan fingerprint density at radius 2 is 1.95 bits per heavy atom. The summed E-state index contributed by atoms with van der Waals surface area (Å²) in [5.74, 6) is -0.433. The van der Waals surface area contributed by atoms with Crippen LogP contribution in [0.3, 0.4) is 0 Å². The second kappa shape index (κ2) is 8.46. The lowest BCUT2D eigenvalue weighted by Gasteiger charge is -2.10. The summed E-state index contributed by atoms with van der Waals surface area (Å²) in [6.45, 7) is 4.81. The predicted molar refractivity (Wildman–Crippen MR) is 77.2 cm³/mol. The summed E-state index contributed by atoms with van der Waals surface area (Å²) in [5.41, 5.74) is 6.89. The molecule has 0 saturated heterocycles. The molecule has 0 spiro atoms. The Hall–Kier alpha value is -1.82. The molecule has 0 heterocycles. The first-order chi connectivity index (χ1) is 10.1. The van der Waals surface area contributed by atoms with Crippen molar-refractivity contribution in [3.05, 3.63) is 22.5 Å². The zero-order valence-corrected chi connectivity index (χ0v) is 12.9. The molecule has 0 amide bonds. The Morgan fingerprint density at radius 1 is 1.24 bits per heavy atom. The summed E-state index contributed by atoms with van der Waals surface area (Å²) in [6.07, 6.45) is 1.47. The average Bonchev–Trinajstić information content (AvgIpc) is 2.85. The van der Waals surface area contributed by atoms with Crippen LogP contribution in [0, 0.1) is 0 Å². The molecule has 0 unspecified atom stereocenters. The molecular weight excluding hydrogens is 274 g/mol. The van der Waals surface area contributed by atoms with Gasteiger partial charge >= 0.3 is 11.9 Å². The van der Waals surface area contributed by atoms with Crippen molar-refractivity contribution in [2.45, 2.75) is 33.1 Å². The maximum absolute atomic E-state index is 12.0. The van der Waals surface area contributed by atoms with Gasteiger partial charge in [0.25, 0.3) is 0 Å². The first-order valence-corrected chi connectivity index (χ1v) is 7.14. The normalized spacial score (nSPS) is 14.5. The maximum Gasteiger partial charge on any atom is 0.341 e. The lowest BCUT2D eigenvalue weighted by atomic mass is 10.0. The fourth-order valence-corrected chi connectivity index (χ4v) is 2.22. The van der Waals surface area contributed by atoms with Gasteiger partial charge in [0.15, 0.2) is 0 Å². The van der Waals surface area contributed by atoms with Crippen molar-refractivity contribution in [3.63, 3.8) is 0 Å². The molecule has 6 heteroatoms. The van der Waals surface area contributed by atoms with E-state index in [9.17, 15) is 9.59 Å². The Morgan fingerprint density at radius 3 is 2.48 bits per heavy atom. The minimum Gasteiger partial charge on any atom is -0.497 e. The smallest absolute Gasteiger partial charge is 0.341 e. The largest absolute Gasteiger partial charge is 0.497 e. The van der Waals surface area contributed by atoms with Crippen molar-refractivity contribution < 1.29 is 23.8 Å². The Balaban J connectivity index is 3.06. The van der Waals surface area contributed by atoms with Gasteiger partial charge in [0.2, 0.25) is 0 Å². The van der Waals surface area contributed by atoms with Crippen molar-refractivity contribution in [2.24, 2.45) is 5.73 Å². The number of ether oxygens (including phenoxy) is 3. The lowest BCUT2D eigenvalue weighted by molar-refractivity contribution is -0.138. The molecule has 0 bridgehead atoms. The van der Waals surface area contributed by atoms with Crippen molar-refractivity contribution in [1.29, 1.82) is 0 Å². The van der Waals surface area contributed by atoms with Gasteiger partial charge in [-0.05, 0) is 31.9 Å². The number of hydrogen-bond donors (Lipinski definition) is 1. The van der Waals surface area contributed by atoms with Crippen LogP contribution in [0.2, 0.25) is 0 Å². The zero-order valence-electron chi connectivity index (χ0n) is 12.9. The standard InChI is InChI=1S/C15H23NO5/c1-4-10-11(14(17)20-5-2)9-12(21-8-6-7-16)13(10)15(18)19-3/h4-9,16H2,1-3H3. The van der Waals surface area contributed by atoms with Gasteiger partial charge in [0.05, 0.1) is 20.3 Å². The number of rotatable bonds is 8. The van der Waals surface area contributed by atoms with Crippen molar-refractivity contribution in [2.75, 3.05) is 26.9 Å². The number of nitrogens with two attached hydrogens (primary N) is 1. The Bertz CT molecular complexity index is 465. The highest BCUT2D eigenvalue weighted by Gasteiger charge is 2.34. The second-order valence-electron chi connectivity index (χ2n) is 4.49. The maximum atomic E-state index is 12.0. The first kappa shape index (κ1) is 17.2. The number of methoxy groups -OCH3 is 1. The third-order valence-corrected chi connectivity index (χ3v) is 3.17. The zero-order chi connectivity index (χ0) is 15.8. The molecule has 0 atom stereocenters. The summed E-state index contributed by atoms with van der Waals surface area (Å²) in [4.78, 5) is 24.0. The van der Waals surface area contributed by atoms with Crippen LogP contribution in [0.25, 0.3) is 0 Å². The molecule has 0 saturated carbocycles. The van der Waals surface area contributed by atoms with Gasteiger partial charge in [0.1, 0.15) is 11.3 Å². The van der Waals surface area contributed by atoms with Crippen molar-refractivity contribution in [1.82, 2.24) is 0 Å². The highest BCUT2D eigenvalue weighted by molar-refractivity contribution is 6.01. The van der Waals surface area contributed by atoms with Gasteiger partial charge in [-0.25, -0.2) is 9.59 Å². The molecule has 6 nitrogen and oxygen atoms in total. The van der Waals surface area contributed by atoms with Gasteiger partial charge in [-0.3, -0.25) is 0 Å². The molecule has 2 N–H and O–H groups in total. The quantitative estimate of drug-likeness (QED) is 0.539. The molecule has 21 heavy (non-hydrogen) atoms. The van der Waals surface area contributed by atoms with Crippen molar-refractivity contribution >= 4 is 11.9 Å². The number of allylic oxidation sites excluding steroid dienone is 1. The highest BCUT2D eigenvalue weighted by Crippen LogP contribution is 2.36. The minimum absolute atomic E-state index is 0.261. The van der Waals surface area contributed by atoms with E-state index >= 15 is 0 Å². The molecule has 1 aliphatic rings. The number of esters is 2. The molecule has 0 fully saturated rings. The molecule has 118 valence electrons. The van der Waals surface area contributed by atoms with E-state index in [0.29, 0.717) is 48.5 Å². The van der Waals surface area contributed by atoms with E-state index in [1.54, 1.807) is 6.92 Å². The molecular formula is C15H23NO5. The fourth-order valence-electron chi connectivity index (χ4n) is 2.22. The van der Waals surface area contributed by atoms with Crippen LogP contribution in [0.4, 0.5) is 0 Å². The molecule has 1 rings (SSSR count). The molecule has 0 aromatic rings. The third kappa shape index (κ3) is 4.07. The van der Waals surface area contributed by atoms with E-state index in [1.165, 1.54) is 7.11 Å². The summed E-state index contributed by atoms with van der Waals surface area (Å²) >= 11 is 0. The van der Waals surface area contributed by atoms with E-state index in [4.69, 9.17) is 19.9 Å². The van der Waals surface area contributed by atoms with Crippen LogP contribution in [0.15, 0.2) is 22.5 Å². The monoisotopic (exact) mass is 297 g/mol. The predicted octanol–water partition coefficient (Wildman–Crippen LogP) is 1.45. The number of carbonyl (C=O) groups is 2. The van der Waals surface area contributed by atoms with Crippen LogP contribution in [-0.2, 0) is 23.8 Å². The third-order valence-electron chi connectivity index (χ3n) is 3.17. The van der Waals surface area contributed by atoms with Gasteiger partial charge in [-0.15, -0.1) is 0 Å². The summed E-state index contributed by atoms with van der Waals surface area (Å²) in [5, 5.41) is 0. The SMILES string of the molecule is CCOC(=O)C1=C(CC)C(C(=O)OC)=C(OCCCN)C1. The van der Waals surface area contributed by atoms with Gasteiger partial charge in [-0.1, -0.05) is 6.92 Å².